The minimum atomic E-state index is -0.780. The minimum absolute atomic E-state index is 0.114. The summed E-state index contributed by atoms with van der Waals surface area (Å²) in [5.74, 6) is -0.780. The van der Waals surface area contributed by atoms with Gasteiger partial charge in [0.25, 0.3) is 0 Å². The highest BCUT2D eigenvalue weighted by Crippen LogP contribution is 2.10. The van der Waals surface area contributed by atoms with Gasteiger partial charge in [-0.05, 0) is 22.0 Å². The van der Waals surface area contributed by atoms with Crippen molar-refractivity contribution >= 4 is 27.0 Å². The van der Waals surface area contributed by atoms with Crippen LogP contribution < -0.4 is 11.4 Å². The molecule has 2 aromatic heterocycles. The Morgan fingerprint density at radius 3 is 3.00 bits per heavy atom. The summed E-state index contributed by atoms with van der Waals surface area (Å²) in [5, 5.41) is 0. The maximum Gasteiger partial charge on any atom is 0.419 e. The molecule has 0 aliphatic carbocycles. The van der Waals surface area contributed by atoms with E-state index in [4.69, 9.17) is 0 Å². The predicted molar refractivity (Wildman–Crippen MR) is 48.6 cm³/mol. The molecule has 0 radical (unpaired) electrons. The van der Waals surface area contributed by atoms with Crippen LogP contribution in [0.4, 0.5) is 0 Å². The number of nitrogens with one attached hydrogen (secondary N) is 1. The Labute approximate surface area is 79.5 Å². The van der Waals surface area contributed by atoms with Gasteiger partial charge in [0.2, 0.25) is 0 Å². The zero-order valence-corrected chi connectivity index (χ0v) is 7.79. The summed E-state index contributed by atoms with van der Waals surface area (Å²) >= 11 is 3.16. The lowest BCUT2D eigenvalue weighted by Crippen LogP contribution is -2.15. The Kier molecular flexibility index (Phi) is 1.77. The lowest BCUT2D eigenvalue weighted by atomic mass is 10.4. The number of H-pyrrole nitrogens is 1. The second-order valence-corrected chi connectivity index (χ2v) is 3.27. The molecular weight excluding hydrogens is 240 g/mol. The number of hydrogen-bond donors (Lipinski definition) is 1. The van der Waals surface area contributed by atoms with Crippen molar-refractivity contribution in [1.29, 1.82) is 0 Å². The molecule has 0 amide bonds. The van der Waals surface area contributed by atoms with Crippen molar-refractivity contribution in [2.24, 2.45) is 0 Å². The van der Waals surface area contributed by atoms with Gasteiger partial charge in [-0.15, -0.1) is 0 Å². The number of halogens is 1. The van der Waals surface area contributed by atoms with Crippen molar-refractivity contribution in [3.8, 4) is 0 Å². The van der Waals surface area contributed by atoms with Crippen molar-refractivity contribution in [1.82, 2.24) is 9.97 Å². The fraction of sp³-hybridized carbons (Fsp3) is 0. The number of pyridine rings is 1. The molecule has 0 aromatic carbocycles. The summed E-state index contributed by atoms with van der Waals surface area (Å²) in [4.78, 5) is 28.0. The third-order valence-corrected chi connectivity index (χ3v) is 1.90. The van der Waals surface area contributed by atoms with E-state index in [0.717, 1.165) is 0 Å². The van der Waals surface area contributed by atoms with E-state index < -0.39 is 11.4 Å². The maximum atomic E-state index is 11.0. The summed E-state index contributed by atoms with van der Waals surface area (Å²) in [6, 6.07) is 1.58. The van der Waals surface area contributed by atoms with Gasteiger partial charge in [-0.1, -0.05) is 0 Å². The average Bonchev–Trinajstić information content (AvgIpc) is 2.02. The number of fused-ring (bicyclic) bond motifs is 1. The molecule has 0 spiro atoms. The molecule has 0 atom stereocenters. The first-order valence-electron chi connectivity index (χ1n) is 3.35. The number of nitrogens with zero attached hydrogens (tertiary/aromatic N) is 1. The largest absolute Gasteiger partial charge is 0.419 e. The first kappa shape index (κ1) is 8.18. The fourth-order valence-electron chi connectivity index (χ4n) is 0.965. The molecule has 0 aliphatic rings. The van der Waals surface area contributed by atoms with E-state index in [1.54, 1.807) is 6.07 Å². The Balaban J connectivity index is 3.03. The maximum absolute atomic E-state index is 11.0. The van der Waals surface area contributed by atoms with Gasteiger partial charge in [0.05, 0.1) is 5.52 Å². The van der Waals surface area contributed by atoms with Gasteiger partial charge < -0.3 is 4.42 Å². The van der Waals surface area contributed by atoms with Crippen molar-refractivity contribution < 1.29 is 4.42 Å². The van der Waals surface area contributed by atoms with Crippen LogP contribution in [0, 0.1) is 0 Å². The molecule has 2 heterocycles. The van der Waals surface area contributed by atoms with E-state index in [0.29, 0.717) is 9.99 Å². The van der Waals surface area contributed by atoms with Gasteiger partial charge in [-0.2, -0.15) is 0 Å². The molecule has 6 heteroatoms. The van der Waals surface area contributed by atoms with Crippen LogP contribution in [0.5, 0.6) is 0 Å². The second-order valence-electron chi connectivity index (χ2n) is 2.35. The first-order chi connectivity index (χ1) is 6.16. The van der Waals surface area contributed by atoms with Gasteiger partial charge in [0, 0.05) is 10.7 Å². The average molecular weight is 243 g/mol. The van der Waals surface area contributed by atoms with E-state index in [1.807, 2.05) is 0 Å². The third-order valence-electron chi connectivity index (χ3n) is 1.47. The molecule has 0 saturated heterocycles. The molecule has 2 aromatic rings. The molecule has 2 rings (SSSR count). The summed E-state index contributed by atoms with van der Waals surface area (Å²) < 4.78 is 4.97. The predicted octanol–water partition coefficient (Wildman–Crippen LogP) is 0.639. The number of aromatic amines is 1. The van der Waals surface area contributed by atoms with Crippen molar-refractivity contribution in [2.75, 3.05) is 0 Å². The zero-order chi connectivity index (χ0) is 9.42. The van der Waals surface area contributed by atoms with Crippen LogP contribution in [-0.2, 0) is 0 Å². The summed E-state index contributed by atoms with van der Waals surface area (Å²) in [6.45, 7) is 0. The molecule has 66 valence electrons. The standard InChI is InChI=1S/C7H3BrN2O3/c8-3-1-4-5(9-2-3)6(11)13-7(12)10-4/h1-2H,(H,10,12). The van der Waals surface area contributed by atoms with Gasteiger partial charge >= 0.3 is 11.4 Å². The smallest absolute Gasteiger partial charge is 0.371 e. The van der Waals surface area contributed by atoms with Gasteiger partial charge in [0.15, 0.2) is 5.52 Å². The number of rotatable bonds is 0. The fourth-order valence-corrected chi connectivity index (χ4v) is 1.30. The van der Waals surface area contributed by atoms with Crippen LogP contribution in [0.25, 0.3) is 11.0 Å². The van der Waals surface area contributed by atoms with E-state index in [9.17, 15) is 9.59 Å². The molecule has 0 fully saturated rings. The first-order valence-corrected chi connectivity index (χ1v) is 4.15. The highest BCUT2D eigenvalue weighted by Gasteiger charge is 2.03. The molecule has 1 N–H and O–H groups in total. The Morgan fingerprint density at radius 1 is 1.46 bits per heavy atom. The van der Waals surface area contributed by atoms with Gasteiger partial charge in [-0.3, -0.25) is 4.98 Å². The highest BCUT2D eigenvalue weighted by atomic mass is 79.9. The summed E-state index contributed by atoms with van der Waals surface area (Å²) in [7, 11) is 0. The molecule has 5 nitrogen and oxygen atoms in total. The minimum Gasteiger partial charge on any atom is -0.371 e. The van der Waals surface area contributed by atoms with Gasteiger partial charge in [0.1, 0.15) is 0 Å². The third kappa shape index (κ3) is 1.40. The van der Waals surface area contributed by atoms with Gasteiger partial charge in [-0.25, -0.2) is 14.6 Å². The van der Waals surface area contributed by atoms with E-state index in [1.165, 1.54) is 6.20 Å². The lowest BCUT2D eigenvalue weighted by Gasteiger charge is -1.93. The van der Waals surface area contributed by atoms with E-state index in [-0.39, 0.29) is 5.52 Å². The monoisotopic (exact) mass is 242 g/mol. The van der Waals surface area contributed by atoms with Crippen LogP contribution >= 0.6 is 15.9 Å². The second kappa shape index (κ2) is 2.81. The summed E-state index contributed by atoms with van der Waals surface area (Å²) in [5.41, 5.74) is -0.260. The molecule has 0 bridgehead atoms. The highest BCUT2D eigenvalue weighted by molar-refractivity contribution is 9.10. The normalized spacial score (nSPS) is 10.5. The molecule has 13 heavy (non-hydrogen) atoms. The van der Waals surface area contributed by atoms with Crippen LogP contribution in [-0.4, -0.2) is 9.97 Å². The molecule has 0 unspecified atom stereocenters. The SMILES string of the molecule is O=c1[nH]c2cc(Br)cnc2c(=O)o1. The van der Waals surface area contributed by atoms with Crippen molar-refractivity contribution in [2.45, 2.75) is 0 Å². The Bertz CT molecular complexity index is 572. The van der Waals surface area contributed by atoms with Crippen LogP contribution in [0.2, 0.25) is 0 Å². The quantitative estimate of drug-likeness (QED) is 0.736. The Hall–Kier alpha value is -1.43. The topological polar surface area (TPSA) is 76.0 Å². The van der Waals surface area contributed by atoms with Crippen LogP contribution in [0.15, 0.2) is 30.7 Å². The van der Waals surface area contributed by atoms with E-state index in [2.05, 4.69) is 30.3 Å². The van der Waals surface area contributed by atoms with E-state index >= 15 is 0 Å². The molecule has 0 saturated carbocycles. The lowest BCUT2D eigenvalue weighted by molar-refractivity contribution is 0.458. The molecule has 0 aliphatic heterocycles. The van der Waals surface area contributed by atoms with Crippen LogP contribution in [0.1, 0.15) is 0 Å². The zero-order valence-electron chi connectivity index (χ0n) is 6.20. The van der Waals surface area contributed by atoms with Crippen molar-refractivity contribution in [3.63, 3.8) is 0 Å². The Morgan fingerprint density at radius 2 is 2.23 bits per heavy atom. The van der Waals surface area contributed by atoms with Crippen molar-refractivity contribution in [3.05, 3.63) is 37.7 Å². The van der Waals surface area contributed by atoms with Crippen LogP contribution in [0.3, 0.4) is 0 Å². The summed E-state index contributed by atoms with van der Waals surface area (Å²) in [6.07, 6.45) is 1.46. The number of hydrogen-bond acceptors (Lipinski definition) is 4. The number of aromatic nitrogens is 2. The molecular formula is C7H3BrN2O3.